The van der Waals surface area contributed by atoms with Crippen LogP contribution in [0.1, 0.15) is 48.9 Å². The van der Waals surface area contributed by atoms with E-state index in [-0.39, 0.29) is 23.2 Å². The van der Waals surface area contributed by atoms with Crippen LogP contribution in [0.5, 0.6) is 0 Å². The third-order valence-electron chi connectivity index (χ3n) is 5.18. The molecule has 8 nitrogen and oxygen atoms in total. The average Bonchev–Trinajstić information content (AvgIpc) is 3.09. The number of sulfonamides is 1. The summed E-state index contributed by atoms with van der Waals surface area (Å²) in [4.78, 5) is 24.1. The number of carbonyl (C=O) groups is 2. The predicted molar refractivity (Wildman–Crippen MR) is 106 cm³/mol. The van der Waals surface area contributed by atoms with Crippen molar-refractivity contribution in [1.82, 2.24) is 9.62 Å². The Morgan fingerprint density at radius 3 is 2.38 bits per heavy atom. The molecule has 2 heterocycles. The number of rotatable bonds is 7. The number of nitrogens with zero attached hydrogens (tertiary/aromatic N) is 1. The normalized spacial score (nSPS) is 20.8. The molecule has 1 amide bonds. The Morgan fingerprint density at radius 2 is 1.76 bits per heavy atom. The second-order valence-corrected chi connectivity index (χ2v) is 9.30. The molecular formula is C20H28N2O6S. The molecule has 2 aliphatic heterocycles. The topological polar surface area (TPSA) is 102 Å². The van der Waals surface area contributed by atoms with Gasteiger partial charge in [0.15, 0.2) is 6.61 Å². The van der Waals surface area contributed by atoms with E-state index in [9.17, 15) is 18.0 Å². The first-order valence-electron chi connectivity index (χ1n) is 10.1. The van der Waals surface area contributed by atoms with Gasteiger partial charge in [-0.2, -0.15) is 4.31 Å². The summed E-state index contributed by atoms with van der Waals surface area (Å²) in [7, 11) is -3.56. The first-order chi connectivity index (χ1) is 14.0. The van der Waals surface area contributed by atoms with Gasteiger partial charge in [-0.15, -0.1) is 0 Å². The molecule has 1 atom stereocenters. The summed E-state index contributed by atoms with van der Waals surface area (Å²) >= 11 is 0. The van der Waals surface area contributed by atoms with Gasteiger partial charge >= 0.3 is 5.97 Å². The molecule has 0 unspecified atom stereocenters. The van der Waals surface area contributed by atoms with E-state index in [2.05, 4.69) is 5.32 Å². The largest absolute Gasteiger partial charge is 0.452 e. The maximum Gasteiger partial charge on any atom is 0.338 e. The molecule has 29 heavy (non-hydrogen) atoms. The third-order valence-corrected chi connectivity index (χ3v) is 7.09. The van der Waals surface area contributed by atoms with Crippen molar-refractivity contribution < 1.29 is 27.5 Å². The molecule has 2 fully saturated rings. The molecule has 2 aliphatic rings. The average molecular weight is 425 g/mol. The second-order valence-electron chi connectivity index (χ2n) is 7.36. The molecule has 0 saturated carbocycles. The van der Waals surface area contributed by atoms with Crippen LogP contribution in [0.25, 0.3) is 0 Å². The van der Waals surface area contributed by atoms with E-state index in [4.69, 9.17) is 9.47 Å². The van der Waals surface area contributed by atoms with Crippen molar-refractivity contribution in [3.8, 4) is 0 Å². The summed E-state index contributed by atoms with van der Waals surface area (Å²) in [6, 6.07) is 5.65. The van der Waals surface area contributed by atoms with Crippen LogP contribution in [0, 0.1) is 0 Å². The minimum absolute atomic E-state index is 0.0216. The highest BCUT2D eigenvalue weighted by atomic mass is 32.2. The van der Waals surface area contributed by atoms with E-state index in [0.717, 1.165) is 38.5 Å². The third kappa shape index (κ3) is 6.01. The number of ether oxygens (including phenoxy) is 2. The fourth-order valence-corrected chi connectivity index (χ4v) is 5.01. The molecule has 0 aliphatic carbocycles. The van der Waals surface area contributed by atoms with Crippen molar-refractivity contribution in [1.29, 1.82) is 0 Å². The number of amides is 1. The Morgan fingerprint density at radius 1 is 1.07 bits per heavy atom. The number of hydrogen-bond acceptors (Lipinski definition) is 6. The number of nitrogens with one attached hydrogen (secondary N) is 1. The number of hydrogen-bond donors (Lipinski definition) is 1. The van der Waals surface area contributed by atoms with Crippen molar-refractivity contribution in [2.24, 2.45) is 0 Å². The molecule has 2 saturated heterocycles. The van der Waals surface area contributed by atoms with Crippen molar-refractivity contribution in [3.63, 3.8) is 0 Å². The lowest BCUT2D eigenvalue weighted by molar-refractivity contribution is -0.124. The van der Waals surface area contributed by atoms with Gasteiger partial charge in [0.05, 0.1) is 16.6 Å². The summed E-state index contributed by atoms with van der Waals surface area (Å²) < 4.78 is 37.5. The second kappa shape index (κ2) is 10.2. The molecular weight excluding hydrogens is 396 g/mol. The van der Waals surface area contributed by atoms with Crippen LogP contribution in [0.2, 0.25) is 0 Å². The van der Waals surface area contributed by atoms with E-state index >= 15 is 0 Å². The highest BCUT2D eigenvalue weighted by molar-refractivity contribution is 7.89. The quantitative estimate of drug-likeness (QED) is 0.669. The molecule has 160 valence electrons. The summed E-state index contributed by atoms with van der Waals surface area (Å²) in [5, 5.41) is 2.68. The molecule has 0 radical (unpaired) electrons. The lowest BCUT2D eigenvalue weighted by Crippen LogP contribution is -2.34. The van der Waals surface area contributed by atoms with Crippen molar-refractivity contribution in [2.75, 3.05) is 32.8 Å². The Labute approximate surface area is 171 Å². The molecule has 1 N–H and O–H groups in total. The Bertz CT molecular complexity index is 795. The van der Waals surface area contributed by atoms with Gasteiger partial charge in [0.25, 0.3) is 5.91 Å². The maximum atomic E-state index is 12.8. The van der Waals surface area contributed by atoms with Crippen LogP contribution in [0.4, 0.5) is 0 Å². The summed E-state index contributed by atoms with van der Waals surface area (Å²) in [6.45, 7) is 1.76. The van der Waals surface area contributed by atoms with Gasteiger partial charge in [-0.3, -0.25) is 4.79 Å². The van der Waals surface area contributed by atoms with Gasteiger partial charge in [-0.1, -0.05) is 12.8 Å². The number of esters is 1. The minimum atomic E-state index is -3.56. The zero-order chi connectivity index (χ0) is 20.7. The zero-order valence-corrected chi connectivity index (χ0v) is 17.3. The monoisotopic (exact) mass is 424 g/mol. The fraction of sp³-hybridized carbons (Fsp3) is 0.600. The Kier molecular flexibility index (Phi) is 7.63. The highest BCUT2D eigenvalue weighted by Crippen LogP contribution is 2.21. The van der Waals surface area contributed by atoms with Crippen molar-refractivity contribution in [3.05, 3.63) is 29.8 Å². The van der Waals surface area contributed by atoms with Gasteiger partial charge in [0, 0.05) is 26.2 Å². The number of carbonyl (C=O) groups excluding carboxylic acids is 2. The fourth-order valence-electron chi connectivity index (χ4n) is 3.49. The van der Waals surface area contributed by atoms with Crippen LogP contribution in [-0.2, 0) is 24.3 Å². The SMILES string of the molecule is O=C(COC(=O)c1ccc(S(=O)(=O)N2CCCCCC2)cc1)NC[C@H]1CCCO1. The van der Waals surface area contributed by atoms with E-state index in [0.29, 0.717) is 26.2 Å². The van der Waals surface area contributed by atoms with Crippen molar-refractivity contribution >= 4 is 21.9 Å². The van der Waals surface area contributed by atoms with Gasteiger partial charge in [-0.25, -0.2) is 13.2 Å². The van der Waals surface area contributed by atoms with Crippen LogP contribution in [0.15, 0.2) is 29.2 Å². The maximum absolute atomic E-state index is 12.8. The molecule has 0 bridgehead atoms. The van der Waals surface area contributed by atoms with E-state index in [1.807, 2.05) is 0 Å². The lowest BCUT2D eigenvalue weighted by atomic mass is 10.2. The van der Waals surface area contributed by atoms with Crippen molar-refractivity contribution in [2.45, 2.75) is 49.5 Å². The molecule has 9 heteroatoms. The summed E-state index contributed by atoms with van der Waals surface area (Å²) in [6.07, 6.45) is 5.72. The first-order valence-corrected chi connectivity index (χ1v) is 11.6. The standard InChI is InChI=1S/C20H28N2O6S/c23-19(21-14-17-6-5-13-27-17)15-28-20(24)16-7-9-18(10-8-16)29(25,26)22-11-3-1-2-4-12-22/h7-10,17H,1-6,11-15H2,(H,21,23)/t17-/m1/s1. The van der Waals surface area contributed by atoms with Crippen LogP contribution in [0.3, 0.4) is 0 Å². The summed E-state index contributed by atoms with van der Waals surface area (Å²) in [5.74, 6) is -1.06. The first kappa shape index (κ1) is 21.7. The number of benzene rings is 1. The highest BCUT2D eigenvalue weighted by Gasteiger charge is 2.25. The van der Waals surface area contributed by atoms with Gasteiger partial charge in [0.2, 0.25) is 10.0 Å². The molecule has 1 aromatic rings. The van der Waals surface area contributed by atoms with Crippen LogP contribution in [-0.4, -0.2) is 63.6 Å². The van der Waals surface area contributed by atoms with E-state index < -0.39 is 21.9 Å². The molecule has 0 spiro atoms. The molecule has 1 aromatic carbocycles. The molecule has 0 aromatic heterocycles. The smallest absolute Gasteiger partial charge is 0.338 e. The minimum Gasteiger partial charge on any atom is -0.452 e. The zero-order valence-electron chi connectivity index (χ0n) is 16.5. The van der Waals surface area contributed by atoms with Crippen LogP contribution < -0.4 is 5.32 Å². The Hall–Kier alpha value is -1.97. The van der Waals surface area contributed by atoms with Gasteiger partial charge in [0.1, 0.15) is 0 Å². The Balaban J connectivity index is 1.50. The van der Waals surface area contributed by atoms with Gasteiger partial charge < -0.3 is 14.8 Å². The van der Waals surface area contributed by atoms with E-state index in [1.54, 1.807) is 0 Å². The van der Waals surface area contributed by atoms with E-state index in [1.165, 1.54) is 28.6 Å². The van der Waals surface area contributed by atoms with Gasteiger partial charge in [-0.05, 0) is 49.9 Å². The molecule has 3 rings (SSSR count). The predicted octanol–water partition coefficient (Wildman–Crippen LogP) is 1.70. The lowest BCUT2D eigenvalue weighted by Gasteiger charge is -2.20. The summed E-state index contributed by atoms with van der Waals surface area (Å²) in [5.41, 5.74) is 0.201. The van der Waals surface area contributed by atoms with Crippen LogP contribution >= 0.6 is 0 Å².